The van der Waals surface area contributed by atoms with Crippen LogP contribution in [0.15, 0.2) is 80.2 Å². The minimum absolute atomic E-state index is 0. The van der Waals surface area contributed by atoms with E-state index in [1.165, 1.54) is 0 Å². The van der Waals surface area contributed by atoms with E-state index in [4.69, 9.17) is 0 Å². The van der Waals surface area contributed by atoms with Gasteiger partial charge in [-0.3, -0.25) is 0 Å². The van der Waals surface area contributed by atoms with Crippen molar-refractivity contribution < 1.29 is 19.8 Å². The number of rotatable bonds is 3. The standard InChI is InChI=1S/C10H11N3.2C8H10N4.Os/c1-8-4-3-5-9(12-8)10-11-6-7-13(10)2;2*1-11-5-3-9-7(11)8-10-4-6-12(8)2;/h3-7H,1-2H3;2*3-6H,1-2H3;. The van der Waals surface area contributed by atoms with Crippen LogP contribution >= 0.6 is 0 Å². The second kappa shape index (κ2) is 12.9. The number of aromatic nitrogens is 11. The molecule has 198 valence electrons. The van der Waals surface area contributed by atoms with Crippen LogP contribution in [0.3, 0.4) is 0 Å². The SMILES string of the molecule is Cc1cccc(-c2nccn2C)n1.Cn1ccnc1-c1nccn1C.Cn1ccnc1-c1nccn1C.[Os]. The summed E-state index contributed by atoms with van der Waals surface area (Å²) in [6, 6.07) is 5.94. The summed E-state index contributed by atoms with van der Waals surface area (Å²) < 4.78 is 9.75. The molecule has 38 heavy (non-hydrogen) atoms. The van der Waals surface area contributed by atoms with Gasteiger partial charge in [-0.15, -0.1) is 0 Å². The summed E-state index contributed by atoms with van der Waals surface area (Å²) in [6.07, 6.45) is 18.4. The zero-order valence-electron chi connectivity index (χ0n) is 22.3. The number of pyridine rings is 1. The van der Waals surface area contributed by atoms with Gasteiger partial charge in [0.15, 0.2) is 29.1 Å². The maximum absolute atomic E-state index is 4.39. The van der Waals surface area contributed by atoms with Gasteiger partial charge in [0, 0.05) is 123 Å². The Hall–Kier alpha value is -4.16. The molecule has 0 fully saturated rings. The van der Waals surface area contributed by atoms with Crippen molar-refractivity contribution in [3.8, 4) is 34.8 Å². The van der Waals surface area contributed by atoms with E-state index in [0.29, 0.717) is 0 Å². The Kier molecular flexibility index (Phi) is 9.63. The maximum atomic E-state index is 4.39. The Balaban J connectivity index is 0.000000156. The van der Waals surface area contributed by atoms with E-state index >= 15 is 0 Å². The van der Waals surface area contributed by atoms with Gasteiger partial charge in [0.1, 0.15) is 5.69 Å². The molecule has 6 aromatic heterocycles. The summed E-state index contributed by atoms with van der Waals surface area (Å²) in [4.78, 5) is 25.4. The molecule has 0 N–H and O–H groups in total. The smallest absolute Gasteiger partial charge is 0.176 e. The van der Waals surface area contributed by atoms with Crippen molar-refractivity contribution in [1.29, 1.82) is 0 Å². The fourth-order valence-corrected chi connectivity index (χ4v) is 3.60. The molecule has 12 heteroatoms. The average molecular weight is 688 g/mol. The molecule has 0 aliphatic heterocycles. The predicted octanol–water partition coefficient (Wildman–Crippen LogP) is 3.43. The van der Waals surface area contributed by atoms with Crippen molar-refractivity contribution in [2.45, 2.75) is 6.92 Å². The van der Waals surface area contributed by atoms with Crippen LogP contribution in [-0.2, 0) is 55.0 Å². The van der Waals surface area contributed by atoms with Crippen molar-refractivity contribution >= 4 is 0 Å². The minimum atomic E-state index is 0. The Labute approximate surface area is 235 Å². The average Bonchev–Trinajstić information content (AvgIpc) is 3.70. The Morgan fingerprint density at radius 3 is 1.05 bits per heavy atom. The normalized spacial score (nSPS) is 10.2. The van der Waals surface area contributed by atoms with E-state index in [0.717, 1.165) is 40.5 Å². The second-order valence-corrected chi connectivity index (χ2v) is 8.47. The summed E-state index contributed by atoms with van der Waals surface area (Å²) in [6.45, 7) is 1.98. The molecule has 0 aliphatic carbocycles. The van der Waals surface area contributed by atoms with E-state index in [1.54, 1.807) is 31.0 Å². The van der Waals surface area contributed by atoms with E-state index in [9.17, 15) is 0 Å². The van der Waals surface area contributed by atoms with Crippen LogP contribution in [0.1, 0.15) is 5.69 Å². The van der Waals surface area contributed by atoms with Crippen LogP contribution in [0, 0.1) is 6.92 Å². The zero-order chi connectivity index (χ0) is 26.4. The van der Waals surface area contributed by atoms with Crippen LogP contribution in [0.5, 0.6) is 0 Å². The van der Waals surface area contributed by atoms with Crippen LogP contribution in [0.2, 0.25) is 0 Å². The molecular formula is C26H31N11Os. The van der Waals surface area contributed by atoms with Crippen LogP contribution in [0.25, 0.3) is 34.8 Å². The molecule has 0 unspecified atom stereocenters. The topological polar surface area (TPSA) is 102 Å². The van der Waals surface area contributed by atoms with Gasteiger partial charge in [0.25, 0.3) is 0 Å². The number of imidazole rings is 5. The van der Waals surface area contributed by atoms with Gasteiger partial charge >= 0.3 is 0 Å². The second-order valence-electron chi connectivity index (χ2n) is 8.47. The maximum Gasteiger partial charge on any atom is 0.176 e. The van der Waals surface area contributed by atoms with Crippen LogP contribution in [0.4, 0.5) is 0 Å². The molecule has 11 nitrogen and oxygen atoms in total. The van der Waals surface area contributed by atoms with Gasteiger partial charge in [-0.2, -0.15) is 0 Å². The van der Waals surface area contributed by atoms with Gasteiger partial charge in [-0.25, -0.2) is 29.9 Å². The number of nitrogens with zero attached hydrogens (tertiary/aromatic N) is 11. The zero-order valence-corrected chi connectivity index (χ0v) is 24.8. The molecule has 0 aliphatic rings. The van der Waals surface area contributed by atoms with Crippen molar-refractivity contribution in [1.82, 2.24) is 52.7 Å². The van der Waals surface area contributed by atoms with E-state index < -0.39 is 0 Å². The Morgan fingerprint density at radius 2 is 0.789 bits per heavy atom. The van der Waals surface area contributed by atoms with Crippen molar-refractivity contribution in [3.63, 3.8) is 0 Å². The van der Waals surface area contributed by atoms with Crippen molar-refractivity contribution in [2.75, 3.05) is 0 Å². The van der Waals surface area contributed by atoms with Gasteiger partial charge in [-0.1, -0.05) is 6.07 Å². The summed E-state index contributed by atoms with van der Waals surface area (Å²) in [5.41, 5.74) is 1.94. The minimum Gasteiger partial charge on any atom is -0.333 e. The third-order valence-electron chi connectivity index (χ3n) is 5.62. The van der Waals surface area contributed by atoms with Crippen LogP contribution < -0.4 is 0 Å². The summed E-state index contributed by atoms with van der Waals surface area (Å²) >= 11 is 0. The van der Waals surface area contributed by atoms with Crippen LogP contribution in [-0.4, -0.2) is 52.7 Å². The summed E-state index contributed by atoms with van der Waals surface area (Å²) in [5, 5.41) is 0. The molecule has 0 radical (unpaired) electrons. The van der Waals surface area contributed by atoms with Gasteiger partial charge in [-0.05, 0) is 19.1 Å². The monoisotopic (exact) mass is 689 g/mol. The number of hydrogen-bond acceptors (Lipinski definition) is 6. The first-order valence-electron chi connectivity index (χ1n) is 11.7. The van der Waals surface area contributed by atoms with Crippen molar-refractivity contribution in [3.05, 3.63) is 85.9 Å². The molecule has 0 saturated heterocycles. The summed E-state index contributed by atoms with van der Waals surface area (Å²) in [7, 11) is 9.79. The first-order valence-corrected chi connectivity index (χ1v) is 11.7. The molecule has 6 heterocycles. The molecule has 0 bridgehead atoms. The number of aryl methyl sites for hydroxylation is 6. The van der Waals surface area contributed by atoms with Crippen molar-refractivity contribution in [2.24, 2.45) is 35.2 Å². The third kappa shape index (κ3) is 6.58. The first kappa shape index (κ1) is 28.4. The molecule has 0 spiro atoms. The molecule has 0 amide bonds. The Morgan fingerprint density at radius 1 is 0.474 bits per heavy atom. The fourth-order valence-electron chi connectivity index (χ4n) is 3.60. The molecule has 6 aromatic rings. The molecule has 0 atom stereocenters. The molecule has 0 aromatic carbocycles. The third-order valence-corrected chi connectivity index (χ3v) is 5.62. The van der Waals surface area contributed by atoms with Gasteiger partial charge in [0.05, 0.1) is 0 Å². The van der Waals surface area contributed by atoms with Gasteiger partial charge in [0.2, 0.25) is 0 Å². The molecular weight excluding hydrogens is 657 g/mol. The van der Waals surface area contributed by atoms with Gasteiger partial charge < -0.3 is 22.8 Å². The first-order chi connectivity index (χ1) is 17.8. The fraction of sp³-hybridized carbons (Fsp3) is 0.231. The van der Waals surface area contributed by atoms with E-state index in [1.807, 2.05) is 114 Å². The largest absolute Gasteiger partial charge is 0.333 e. The molecule has 0 saturated carbocycles. The predicted molar refractivity (Wildman–Crippen MR) is 142 cm³/mol. The molecule has 6 rings (SSSR count). The summed E-state index contributed by atoms with van der Waals surface area (Å²) in [5.74, 6) is 4.47. The number of hydrogen-bond donors (Lipinski definition) is 0. The Bertz CT molecular complexity index is 1410. The van der Waals surface area contributed by atoms with E-state index in [-0.39, 0.29) is 19.8 Å². The quantitative estimate of drug-likeness (QED) is 0.283. The van der Waals surface area contributed by atoms with E-state index in [2.05, 4.69) is 29.9 Å².